The zero-order valence-electron chi connectivity index (χ0n) is 12.8. The van der Waals surface area contributed by atoms with Crippen molar-refractivity contribution in [2.75, 3.05) is 6.61 Å². The summed E-state index contributed by atoms with van der Waals surface area (Å²) >= 11 is 0. The minimum atomic E-state index is -4.52. The van der Waals surface area contributed by atoms with E-state index >= 15 is 0 Å². The molecule has 0 spiro atoms. The van der Waals surface area contributed by atoms with Gasteiger partial charge < -0.3 is 9.84 Å². The Balaban J connectivity index is 2.19. The van der Waals surface area contributed by atoms with E-state index in [0.717, 1.165) is 18.2 Å². The molecule has 2 rings (SSSR count). The van der Waals surface area contributed by atoms with Crippen LogP contribution in [0.1, 0.15) is 21.5 Å². The minimum Gasteiger partial charge on any atom is -0.482 e. The predicted octanol–water partition coefficient (Wildman–Crippen LogP) is 4.06. The average Bonchev–Trinajstić information content (AvgIpc) is 2.57. The zero-order valence-corrected chi connectivity index (χ0v) is 12.8. The summed E-state index contributed by atoms with van der Waals surface area (Å²) < 4.78 is 43.7. The quantitative estimate of drug-likeness (QED) is 0.630. The van der Waals surface area contributed by atoms with E-state index in [9.17, 15) is 22.8 Å². The van der Waals surface area contributed by atoms with Gasteiger partial charge in [0.15, 0.2) is 12.4 Å². The van der Waals surface area contributed by atoms with Gasteiger partial charge in [-0.15, -0.1) is 0 Å². The average molecular weight is 350 g/mol. The second kappa shape index (κ2) is 7.65. The van der Waals surface area contributed by atoms with Crippen molar-refractivity contribution in [2.24, 2.45) is 0 Å². The zero-order chi connectivity index (χ0) is 18.4. The first-order valence-electron chi connectivity index (χ1n) is 7.10. The van der Waals surface area contributed by atoms with Crippen LogP contribution in [-0.2, 0) is 11.0 Å². The van der Waals surface area contributed by atoms with Crippen LogP contribution in [0.5, 0.6) is 5.75 Å². The predicted molar refractivity (Wildman–Crippen MR) is 84.4 cm³/mol. The highest BCUT2D eigenvalue weighted by Crippen LogP contribution is 2.32. The van der Waals surface area contributed by atoms with Crippen LogP contribution in [0, 0.1) is 0 Å². The van der Waals surface area contributed by atoms with Crippen molar-refractivity contribution in [3.8, 4) is 5.75 Å². The topological polar surface area (TPSA) is 63.6 Å². The molecule has 0 aliphatic carbocycles. The molecule has 0 aromatic heterocycles. The first-order chi connectivity index (χ1) is 11.8. The van der Waals surface area contributed by atoms with Crippen molar-refractivity contribution in [3.63, 3.8) is 0 Å². The summed E-state index contributed by atoms with van der Waals surface area (Å²) in [5.41, 5.74) is -0.789. The first-order valence-corrected chi connectivity index (χ1v) is 7.10. The van der Waals surface area contributed by atoms with E-state index in [4.69, 9.17) is 9.84 Å². The van der Waals surface area contributed by atoms with Crippen LogP contribution < -0.4 is 4.74 Å². The van der Waals surface area contributed by atoms with Gasteiger partial charge in [0.1, 0.15) is 5.75 Å². The molecule has 0 bridgehead atoms. The largest absolute Gasteiger partial charge is 0.482 e. The Morgan fingerprint density at radius 1 is 1.08 bits per heavy atom. The Labute approximate surface area is 141 Å². The van der Waals surface area contributed by atoms with Crippen molar-refractivity contribution in [1.82, 2.24) is 0 Å². The van der Waals surface area contributed by atoms with Gasteiger partial charge in [0.05, 0.1) is 5.56 Å². The molecule has 0 aliphatic rings. The van der Waals surface area contributed by atoms with Crippen LogP contribution in [0.15, 0.2) is 54.6 Å². The number of ketones is 1. The number of hydrogen-bond donors (Lipinski definition) is 1. The molecule has 0 aliphatic heterocycles. The molecule has 0 radical (unpaired) electrons. The number of carboxylic acids is 1. The van der Waals surface area contributed by atoms with Gasteiger partial charge in [-0.3, -0.25) is 4.79 Å². The number of allylic oxidation sites excluding steroid dienone is 1. The number of benzene rings is 2. The molecule has 0 unspecified atom stereocenters. The monoisotopic (exact) mass is 350 g/mol. The van der Waals surface area contributed by atoms with E-state index in [1.807, 2.05) is 0 Å². The number of carbonyl (C=O) groups excluding carboxylic acids is 1. The number of rotatable bonds is 6. The Morgan fingerprint density at radius 2 is 1.80 bits per heavy atom. The smallest absolute Gasteiger partial charge is 0.416 e. The van der Waals surface area contributed by atoms with Crippen molar-refractivity contribution >= 4 is 17.8 Å². The van der Waals surface area contributed by atoms with Gasteiger partial charge in [-0.25, -0.2) is 4.79 Å². The lowest BCUT2D eigenvalue weighted by Gasteiger charge is -2.09. The maximum atomic E-state index is 12.9. The number of carbonyl (C=O) groups is 2. The number of halogens is 3. The van der Waals surface area contributed by atoms with E-state index < -0.39 is 30.1 Å². The third-order valence-corrected chi connectivity index (χ3v) is 3.16. The highest BCUT2D eigenvalue weighted by molar-refractivity contribution is 6.07. The molecular formula is C18H13F3O4. The maximum Gasteiger partial charge on any atom is 0.416 e. The number of ether oxygens (including phenoxy) is 1. The standard InChI is InChI=1S/C18H13F3O4/c19-18(20,21)15-7-2-1-4-12(15)8-9-16(22)13-5-3-6-14(10-13)25-11-17(23)24/h1-10H,11H2,(H,23,24)/b9-8+. The summed E-state index contributed by atoms with van der Waals surface area (Å²) in [4.78, 5) is 22.6. The lowest BCUT2D eigenvalue weighted by molar-refractivity contribution is -0.139. The number of hydrogen-bond acceptors (Lipinski definition) is 3. The van der Waals surface area contributed by atoms with Crippen LogP contribution in [0.25, 0.3) is 6.08 Å². The molecule has 7 heteroatoms. The first kappa shape index (κ1) is 18.3. The van der Waals surface area contributed by atoms with Gasteiger partial charge in [-0.2, -0.15) is 13.2 Å². The van der Waals surface area contributed by atoms with Crippen LogP contribution in [0.3, 0.4) is 0 Å². The molecule has 2 aromatic rings. The molecule has 2 aromatic carbocycles. The van der Waals surface area contributed by atoms with E-state index in [0.29, 0.717) is 0 Å². The van der Waals surface area contributed by atoms with Crippen molar-refractivity contribution in [1.29, 1.82) is 0 Å². The van der Waals surface area contributed by atoms with Crippen LogP contribution in [-0.4, -0.2) is 23.5 Å². The van der Waals surface area contributed by atoms with Crippen molar-refractivity contribution in [3.05, 3.63) is 71.3 Å². The number of aliphatic carboxylic acids is 1. The Hall–Kier alpha value is -3.09. The third-order valence-electron chi connectivity index (χ3n) is 3.16. The summed E-state index contributed by atoms with van der Waals surface area (Å²) in [5, 5.41) is 8.56. The van der Waals surface area contributed by atoms with Gasteiger partial charge in [0, 0.05) is 5.56 Å². The summed E-state index contributed by atoms with van der Waals surface area (Å²) in [7, 11) is 0. The van der Waals surface area contributed by atoms with Gasteiger partial charge >= 0.3 is 12.1 Å². The minimum absolute atomic E-state index is 0.123. The van der Waals surface area contributed by atoms with Gasteiger partial charge in [-0.1, -0.05) is 36.4 Å². The van der Waals surface area contributed by atoms with Crippen LogP contribution >= 0.6 is 0 Å². The number of carboxylic acid groups (broad SMARTS) is 1. The SMILES string of the molecule is O=C(O)COc1cccc(C(=O)/C=C/c2ccccc2C(F)(F)F)c1. The highest BCUT2D eigenvalue weighted by Gasteiger charge is 2.32. The molecule has 0 saturated heterocycles. The summed E-state index contributed by atoms with van der Waals surface area (Å²) in [6.45, 7) is -0.563. The second-order valence-corrected chi connectivity index (χ2v) is 4.99. The Morgan fingerprint density at radius 3 is 2.48 bits per heavy atom. The van der Waals surface area contributed by atoms with Crippen molar-refractivity contribution in [2.45, 2.75) is 6.18 Å². The summed E-state index contributed by atoms with van der Waals surface area (Å²) in [6, 6.07) is 10.7. The fourth-order valence-corrected chi connectivity index (χ4v) is 2.05. The van der Waals surface area contributed by atoms with Gasteiger partial charge in [0.2, 0.25) is 0 Å². The van der Waals surface area contributed by atoms with Crippen molar-refractivity contribution < 1.29 is 32.6 Å². The van der Waals surface area contributed by atoms with Crippen LogP contribution in [0.2, 0.25) is 0 Å². The summed E-state index contributed by atoms with van der Waals surface area (Å²) in [6.07, 6.45) is -2.40. The van der Waals surface area contributed by atoms with E-state index in [-0.39, 0.29) is 16.9 Å². The normalized spacial score (nSPS) is 11.5. The third kappa shape index (κ3) is 5.20. The Bertz CT molecular complexity index is 810. The molecule has 0 fully saturated rings. The molecule has 0 amide bonds. The van der Waals surface area contributed by atoms with E-state index in [1.54, 1.807) is 0 Å². The lowest BCUT2D eigenvalue weighted by atomic mass is 10.0. The fraction of sp³-hybridized carbons (Fsp3) is 0.111. The molecule has 0 atom stereocenters. The highest BCUT2D eigenvalue weighted by atomic mass is 19.4. The fourth-order valence-electron chi connectivity index (χ4n) is 2.05. The lowest BCUT2D eigenvalue weighted by Crippen LogP contribution is -2.09. The van der Waals surface area contributed by atoms with E-state index in [1.165, 1.54) is 42.5 Å². The second-order valence-electron chi connectivity index (χ2n) is 4.99. The van der Waals surface area contributed by atoms with Gasteiger partial charge in [-0.05, 0) is 29.8 Å². The maximum absolute atomic E-state index is 12.9. The molecule has 130 valence electrons. The van der Waals surface area contributed by atoms with E-state index in [2.05, 4.69) is 0 Å². The molecule has 0 heterocycles. The molecule has 4 nitrogen and oxygen atoms in total. The molecule has 1 N–H and O–H groups in total. The Kier molecular flexibility index (Phi) is 5.59. The number of alkyl halides is 3. The molecular weight excluding hydrogens is 337 g/mol. The molecule has 25 heavy (non-hydrogen) atoms. The molecule has 0 saturated carbocycles. The van der Waals surface area contributed by atoms with Crippen LogP contribution in [0.4, 0.5) is 13.2 Å². The van der Waals surface area contributed by atoms with Gasteiger partial charge in [0.25, 0.3) is 0 Å². The summed E-state index contributed by atoms with van der Waals surface area (Å²) in [5.74, 6) is -1.52.